The van der Waals surface area contributed by atoms with Crippen LogP contribution in [0.15, 0.2) is 53.1 Å². The number of furan rings is 1. The maximum absolute atomic E-state index is 6.08. The summed E-state index contributed by atoms with van der Waals surface area (Å²) in [6.45, 7) is 4.09. The van der Waals surface area contributed by atoms with Crippen molar-refractivity contribution in [1.82, 2.24) is 5.43 Å². The molecular weight excluding hydrogens is 248 g/mol. The van der Waals surface area contributed by atoms with Gasteiger partial charge in [0.15, 0.2) is 5.58 Å². The van der Waals surface area contributed by atoms with Crippen LogP contribution in [-0.4, -0.2) is 7.05 Å². The Morgan fingerprint density at radius 1 is 1.10 bits per heavy atom. The maximum atomic E-state index is 6.08. The minimum absolute atomic E-state index is 0.915. The molecule has 0 aliphatic carbocycles. The van der Waals surface area contributed by atoms with Gasteiger partial charge in [0.05, 0.1) is 0 Å². The number of para-hydroxylation sites is 1. The van der Waals surface area contributed by atoms with Crippen molar-refractivity contribution in [2.24, 2.45) is 0 Å². The summed E-state index contributed by atoms with van der Waals surface area (Å²) in [6, 6.07) is 12.4. The van der Waals surface area contributed by atoms with Crippen molar-refractivity contribution >= 4 is 27.6 Å². The lowest BCUT2D eigenvalue weighted by Gasteiger charge is -2.21. The van der Waals surface area contributed by atoms with Gasteiger partial charge in [0.1, 0.15) is 11.3 Å². The van der Waals surface area contributed by atoms with E-state index < -0.39 is 0 Å². The summed E-state index contributed by atoms with van der Waals surface area (Å²) in [7, 11) is 1.90. The second kappa shape index (κ2) is 5.02. The van der Waals surface area contributed by atoms with Crippen LogP contribution in [0.4, 0.5) is 5.69 Å². The zero-order valence-electron chi connectivity index (χ0n) is 12.0. The molecule has 20 heavy (non-hydrogen) atoms. The molecule has 3 rings (SSSR count). The number of aryl methyl sites for hydroxylation is 1. The number of hydrazine groups is 1. The van der Waals surface area contributed by atoms with Gasteiger partial charge >= 0.3 is 0 Å². The van der Waals surface area contributed by atoms with Gasteiger partial charge in [0, 0.05) is 24.0 Å². The van der Waals surface area contributed by atoms with E-state index >= 15 is 0 Å². The van der Waals surface area contributed by atoms with E-state index in [1.807, 2.05) is 49.5 Å². The summed E-state index contributed by atoms with van der Waals surface area (Å²) in [6.07, 6.45) is 3.99. The third-order valence-electron chi connectivity index (χ3n) is 3.50. The van der Waals surface area contributed by atoms with Crippen LogP contribution >= 0.6 is 0 Å². The van der Waals surface area contributed by atoms with Crippen LogP contribution in [0, 0.1) is 6.92 Å². The predicted octanol–water partition coefficient (Wildman–Crippen LogP) is 4.37. The Morgan fingerprint density at radius 2 is 1.90 bits per heavy atom. The SMILES string of the molecule is CC=CN(NC)c1c(C)ccc2c1oc1ccccc12. The highest BCUT2D eigenvalue weighted by molar-refractivity contribution is 6.09. The summed E-state index contributed by atoms with van der Waals surface area (Å²) in [5.41, 5.74) is 7.25. The second-order valence-corrected chi connectivity index (χ2v) is 4.78. The van der Waals surface area contributed by atoms with Gasteiger partial charge in [0.2, 0.25) is 0 Å². The number of allylic oxidation sites excluding steroid dienone is 1. The van der Waals surface area contributed by atoms with Crippen LogP contribution in [0.5, 0.6) is 0 Å². The average molecular weight is 266 g/mol. The van der Waals surface area contributed by atoms with E-state index in [-0.39, 0.29) is 0 Å². The lowest BCUT2D eigenvalue weighted by molar-refractivity contribution is 0.664. The van der Waals surface area contributed by atoms with Crippen LogP contribution in [0.25, 0.3) is 21.9 Å². The molecule has 0 saturated heterocycles. The topological polar surface area (TPSA) is 28.4 Å². The van der Waals surface area contributed by atoms with E-state index in [4.69, 9.17) is 4.42 Å². The van der Waals surface area contributed by atoms with Gasteiger partial charge in [-0.2, -0.15) is 0 Å². The Kier molecular flexibility index (Phi) is 3.20. The fourth-order valence-electron chi connectivity index (χ4n) is 2.58. The molecule has 1 N–H and O–H groups in total. The molecule has 0 fully saturated rings. The van der Waals surface area contributed by atoms with Crippen molar-refractivity contribution in [2.75, 3.05) is 12.1 Å². The molecule has 0 bridgehead atoms. The molecule has 0 saturated carbocycles. The lowest BCUT2D eigenvalue weighted by Crippen LogP contribution is -2.30. The van der Waals surface area contributed by atoms with E-state index in [0.717, 1.165) is 27.6 Å². The molecule has 2 aromatic carbocycles. The molecule has 3 aromatic rings. The van der Waals surface area contributed by atoms with Crippen molar-refractivity contribution in [1.29, 1.82) is 0 Å². The molecular formula is C17H18N2O. The molecule has 0 aliphatic heterocycles. The Balaban J connectivity index is 2.37. The maximum Gasteiger partial charge on any atom is 0.160 e. The number of nitrogens with zero attached hydrogens (tertiary/aromatic N) is 1. The molecule has 1 heterocycles. The summed E-state index contributed by atoms with van der Waals surface area (Å²) < 4.78 is 6.08. The first kappa shape index (κ1) is 12.8. The van der Waals surface area contributed by atoms with Crippen LogP contribution in [0.3, 0.4) is 0 Å². The number of anilines is 1. The molecule has 0 radical (unpaired) electrons. The molecule has 0 atom stereocenters. The minimum atomic E-state index is 0.915. The van der Waals surface area contributed by atoms with Gasteiger partial charge in [-0.05, 0) is 25.5 Å². The van der Waals surface area contributed by atoms with E-state index in [9.17, 15) is 0 Å². The van der Waals surface area contributed by atoms with Crippen molar-refractivity contribution in [2.45, 2.75) is 13.8 Å². The summed E-state index contributed by atoms with van der Waals surface area (Å²) in [4.78, 5) is 0. The first-order chi connectivity index (χ1) is 9.76. The number of rotatable bonds is 3. The first-order valence-electron chi connectivity index (χ1n) is 6.76. The van der Waals surface area contributed by atoms with Crippen LogP contribution < -0.4 is 10.4 Å². The van der Waals surface area contributed by atoms with Gasteiger partial charge in [-0.25, -0.2) is 5.43 Å². The Morgan fingerprint density at radius 3 is 2.65 bits per heavy atom. The van der Waals surface area contributed by atoms with Crippen molar-refractivity contribution < 1.29 is 4.42 Å². The normalized spacial score (nSPS) is 11.8. The van der Waals surface area contributed by atoms with Crippen LogP contribution in [0.2, 0.25) is 0 Å². The zero-order valence-corrected chi connectivity index (χ0v) is 12.0. The van der Waals surface area contributed by atoms with E-state index in [1.165, 1.54) is 5.56 Å². The first-order valence-corrected chi connectivity index (χ1v) is 6.76. The highest BCUT2D eigenvalue weighted by Crippen LogP contribution is 2.36. The molecule has 1 aromatic heterocycles. The van der Waals surface area contributed by atoms with Crippen molar-refractivity contribution in [3.05, 3.63) is 54.2 Å². The fraction of sp³-hybridized carbons (Fsp3) is 0.176. The Hall–Kier alpha value is -2.26. The third kappa shape index (κ3) is 1.87. The van der Waals surface area contributed by atoms with Gasteiger partial charge in [-0.1, -0.05) is 36.4 Å². The van der Waals surface area contributed by atoms with E-state index in [2.05, 4.69) is 30.5 Å². The molecule has 0 unspecified atom stereocenters. The highest BCUT2D eigenvalue weighted by Gasteiger charge is 2.15. The largest absolute Gasteiger partial charge is 0.454 e. The molecule has 3 heteroatoms. The van der Waals surface area contributed by atoms with Crippen LogP contribution in [0.1, 0.15) is 12.5 Å². The third-order valence-corrected chi connectivity index (χ3v) is 3.50. The number of benzene rings is 2. The van der Waals surface area contributed by atoms with Crippen molar-refractivity contribution in [3.8, 4) is 0 Å². The second-order valence-electron chi connectivity index (χ2n) is 4.78. The van der Waals surface area contributed by atoms with Crippen molar-refractivity contribution in [3.63, 3.8) is 0 Å². The molecule has 102 valence electrons. The summed E-state index contributed by atoms with van der Waals surface area (Å²) in [5, 5.41) is 4.28. The van der Waals surface area contributed by atoms with Gasteiger partial charge in [0.25, 0.3) is 0 Å². The molecule has 3 nitrogen and oxygen atoms in total. The van der Waals surface area contributed by atoms with Gasteiger partial charge in [-0.3, -0.25) is 5.01 Å². The molecule has 0 spiro atoms. The number of fused-ring (bicyclic) bond motifs is 3. The Bertz CT molecular complexity index is 786. The lowest BCUT2D eigenvalue weighted by atomic mass is 10.1. The summed E-state index contributed by atoms with van der Waals surface area (Å²) >= 11 is 0. The van der Waals surface area contributed by atoms with E-state index in [0.29, 0.717) is 0 Å². The standard InChI is InChI=1S/C17H18N2O/c1-4-11-19(18-3)16-12(2)9-10-14-13-7-5-6-8-15(13)20-17(14)16/h4-11,18H,1-3H3. The number of hydrogen-bond donors (Lipinski definition) is 1. The fourth-order valence-corrected chi connectivity index (χ4v) is 2.58. The minimum Gasteiger partial charge on any atom is -0.454 e. The number of hydrogen-bond acceptors (Lipinski definition) is 3. The average Bonchev–Trinajstić information content (AvgIpc) is 2.84. The van der Waals surface area contributed by atoms with Gasteiger partial charge < -0.3 is 4.42 Å². The molecule has 0 aliphatic rings. The highest BCUT2D eigenvalue weighted by atomic mass is 16.3. The van der Waals surface area contributed by atoms with Gasteiger partial charge in [-0.15, -0.1) is 0 Å². The Labute approximate surface area is 118 Å². The van der Waals surface area contributed by atoms with Crippen LogP contribution in [-0.2, 0) is 0 Å². The number of nitrogens with one attached hydrogen (secondary N) is 1. The quantitative estimate of drug-likeness (QED) is 0.714. The zero-order chi connectivity index (χ0) is 14.1. The molecule has 0 amide bonds. The van der Waals surface area contributed by atoms with E-state index in [1.54, 1.807) is 0 Å². The smallest absolute Gasteiger partial charge is 0.160 e. The summed E-state index contributed by atoms with van der Waals surface area (Å²) in [5.74, 6) is 0. The predicted molar refractivity (Wildman–Crippen MR) is 84.8 cm³/mol. The monoisotopic (exact) mass is 266 g/mol.